The molecule has 1 unspecified atom stereocenters. The van der Waals surface area contributed by atoms with Crippen LogP contribution in [0.15, 0.2) is 95.3 Å². The minimum absolute atomic E-state index is 0.115. The number of anilines is 1. The van der Waals surface area contributed by atoms with E-state index in [1.165, 1.54) is 11.4 Å². The van der Waals surface area contributed by atoms with E-state index in [0.29, 0.717) is 49.1 Å². The molecule has 4 aliphatic rings. The van der Waals surface area contributed by atoms with Gasteiger partial charge in [-0.15, -0.1) is 0 Å². The number of imidazole rings is 1. The van der Waals surface area contributed by atoms with Gasteiger partial charge in [0.25, 0.3) is 5.91 Å². The highest BCUT2D eigenvalue weighted by Gasteiger charge is 2.28. The summed E-state index contributed by atoms with van der Waals surface area (Å²) in [5.74, 6) is 3.46. The zero-order valence-electron chi connectivity index (χ0n) is 31.8. The highest BCUT2D eigenvalue weighted by atomic mass is 16.5. The first-order chi connectivity index (χ1) is 26.8. The zero-order valence-corrected chi connectivity index (χ0v) is 31.8. The summed E-state index contributed by atoms with van der Waals surface area (Å²) < 4.78 is 17.6. The first-order valence-electron chi connectivity index (χ1n) is 19.3. The Balaban J connectivity index is 0.790. The molecule has 55 heavy (non-hydrogen) atoms. The van der Waals surface area contributed by atoms with Crippen molar-refractivity contribution in [2.24, 2.45) is 4.99 Å². The predicted octanol–water partition coefficient (Wildman–Crippen LogP) is 5.99. The molecule has 1 amide bonds. The summed E-state index contributed by atoms with van der Waals surface area (Å²) in [5, 5.41) is 3.61. The van der Waals surface area contributed by atoms with Crippen LogP contribution in [0.1, 0.15) is 48.0 Å². The number of H-pyrrole nitrogens is 1. The van der Waals surface area contributed by atoms with Crippen molar-refractivity contribution in [2.45, 2.75) is 38.1 Å². The van der Waals surface area contributed by atoms with E-state index in [-0.39, 0.29) is 11.9 Å². The lowest BCUT2D eigenvalue weighted by Crippen LogP contribution is -2.44. The maximum atomic E-state index is 13.0. The number of ether oxygens (including phenoxy) is 3. The van der Waals surface area contributed by atoms with Gasteiger partial charge in [0.1, 0.15) is 17.4 Å². The van der Waals surface area contributed by atoms with Crippen molar-refractivity contribution in [3.63, 3.8) is 0 Å². The molecule has 2 fully saturated rings. The van der Waals surface area contributed by atoms with Gasteiger partial charge in [-0.3, -0.25) is 9.79 Å². The molecule has 1 aromatic heterocycles. The normalized spacial score (nSPS) is 18.5. The van der Waals surface area contributed by atoms with Crippen LogP contribution in [0.2, 0.25) is 0 Å². The molecule has 3 aliphatic heterocycles. The van der Waals surface area contributed by atoms with Crippen molar-refractivity contribution in [2.75, 3.05) is 72.4 Å². The highest BCUT2D eigenvalue weighted by Crippen LogP contribution is 2.34. The van der Waals surface area contributed by atoms with Crippen LogP contribution in [0.3, 0.4) is 0 Å². The zero-order chi connectivity index (χ0) is 37.9. The number of piperazine rings is 1. The fourth-order valence-electron chi connectivity index (χ4n) is 7.53. The number of carbonyl (C=O) groups is 1. The van der Waals surface area contributed by atoms with Gasteiger partial charge in [-0.05, 0) is 93.8 Å². The molecule has 4 N–H and O–H groups in total. The van der Waals surface area contributed by atoms with Gasteiger partial charge in [-0.25, -0.2) is 4.98 Å². The maximum Gasteiger partial charge on any atom is 0.256 e. The van der Waals surface area contributed by atoms with Crippen molar-refractivity contribution in [3.05, 3.63) is 101 Å². The van der Waals surface area contributed by atoms with E-state index in [0.717, 1.165) is 103 Å². The number of unbranched alkanes of at least 4 members (excludes halogenated alkanes) is 2. The Labute approximate surface area is 322 Å². The molecule has 4 heterocycles. The highest BCUT2D eigenvalue weighted by molar-refractivity contribution is 6.04. The number of aromatic amines is 1. The van der Waals surface area contributed by atoms with E-state index in [9.17, 15) is 4.79 Å². The van der Waals surface area contributed by atoms with E-state index in [4.69, 9.17) is 29.9 Å². The molecule has 12 heteroatoms. The SMILES string of the molecule is C=C1CCN(C(=O)c2cc(OC)c(OCCCCCOc3ccc(-c4nc5ccc(C6=NC7CC=C(N8CCN(C)CC8)C=C7N6)cc5[nH]4)cc3)cc2N)C1. The Morgan fingerprint density at radius 1 is 0.945 bits per heavy atom. The fraction of sp³-hybridized carbons (Fsp3) is 0.372. The summed E-state index contributed by atoms with van der Waals surface area (Å²) in [4.78, 5) is 33.0. The number of aromatic nitrogens is 2. The summed E-state index contributed by atoms with van der Waals surface area (Å²) in [6, 6.07) is 17.8. The number of nitrogens with one attached hydrogen (secondary N) is 2. The minimum atomic E-state index is -0.115. The molecule has 1 atom stereocenters. The minimum Gasteiger partial charge on any atom is -0.494 e. The van der Waals surface area contributed by atoms with E-state index in [1.807, 2.05) is 24.3 Å². The third-order valence-corrected chi connectivity index (χ3v) is 10.8. The number of hydrogen-bond acceptors (Lipinski definition) is 10. The molecule has 3 aromatic carbocycles. The second-order valence-corrected chi connectivity index (χ2v) is 14.8. The number of likely N-dealkylation sites (N-methyl/N-ethyl adjacent to an activating group) is 1. The maximum absolute atomic E-state index is 13.0. The van der Waals surface area contributed by atoms with Crippen molar-refractivity contribution in [1.29, 1.82) is 0 Å². The van der Waals surface area contributed by atoms with Crippen molar-refractivity contribution < 1.29 is 19.0 Å². The molecule has 0 saturated carbocycles. The molecular weight excluding hydrogens is 693 g/mol. The number of amidine groups is 1. The van der Waals surface area contributed by atoms with Crippen LogP contribution in [0.5, 0.6) is 17.2 Å². The number of carbonyl (C=O) groups excluding carboxylic acids is 1. The van der Waals surface area contributed by atoms with Gasteiger partial charge in [-0.2, -0.15) is 0 Å². The molecule has 286 valence electrons. The number of rotatable bonds is 13. The first kappa shape index (κ1) is 36.2. The third kappa shape index (κ3) is 8.05. The lowest BCUT2D eigenvalue weighted by molar-refractivity contribution is 0.0797. The van der Waals surface area contributed by atoms with Gasteiger partial charge < -0.3 is 44.9 Å². The summed E-state index contributed by atoms with van der Waals surface area (Å²) in [5.41, 5.74) is 14.5. The number of aliphatic imine (C=N–C) groups is 1. The average Bonchev–Trinajstić information content (AvgIpc) is 3.95. The molecule has 8 rings (SSSR count). The molecule has 4 aromatic rings. The monoisotopic (exact) mass is 742 g/mol. The first-order valence-corrected chi connectivity index (χ1v) is 19.3. The number of fused-ring (bicyclic) bond motifs is 2. The number of likely N-dealkylation sites (tertiary alicyclic amines) is 1. The number of amides is 1. The Hall–Kier alpha value is -5.75. The number of nitrogens with two attached hydrogens (primary N) is 1. The summed E-state index contributed by atoms with van der Waals surface area (Å²) in [6.07, 6.45) is 9.01. The lowest BCUT2D eigenvalue weighted by Gasteiger charge is -2.36. The van der Waals surface area contributed by atoms with Crippen LogP contribution in [0.25, 0.3) is 22.4 Å². The number of methoxy groups -OCH3 is 1. The van der Waals surface area contributed by atoms with Crippen molar-refractivity contribution in [1.82, 2.24) is 30.0 Å². The van der Waals surface area contributed by atoms with E-state index in [1.54, 1.807) is 24.1 Å². The van der Waals surface area contributed by atoms with Gasteiger partial charge in [0.15, 0.2) is 11.5 Å². The Bertz CT molecular complexity index is 2160. The quantitative estimate of drug-likeness (QED) is 0.0859. The van der Waals surface area contributed by atoms with E-state index < -0.39 is 0 Å². The molecular formula is C43H50N8O4. The number of nitrogen functional groups attached to an aromatic ring is 1. The number of nitrogens with zero attached hydrogens (tertiary/aromatic N) is 5. The van der Waals surface area contributed by atoms with Gasteiger partial charge in [0.05, 0.1) is 43.0 Å². The van der Waals surface area contributed by atoms with Crippen LogP contribution in [-0.4, -0.2) is 109 Å². The van der Waals surface area contributed by atoms with Crippen LogP contribution in [0, 0.1) is 0 Å². The standard InChI is InChI=1S/C43H50N8O4/c1-28-15-16-51(27-28)43(52)33-25-39(53-3)40(26-34(33)44)55-22-6-4-5-21-54-32-11-7-29(8-12-32)41-45-35-13-9-30(23-37(35)47-41)42-46-36-14-10-31(24-38(36)48-42)50-19-17-49(2)18-20-50/h7-13,23-26,36H,1,4-6,14-22,27,44H2,2-3H3,(H,45,47)(H,46,48). The lowest BCUT2D eigenvalue weighted by atomic mass is 10.0. The average molecular weight is 743 g/mol. The number of hydrogen-bond donors (Lipinski definition) is 3. The molecule has 0 radical (unpaired) electrons. The second-order valence-electron chi connectivity index (χ2n) is 14.8. The molecule has 0 spiro atoms. The van der Waals surface area contributed by atoms with Crippen LogP contribution in [-0.2, 0) is 0 Å². The summed E-state index contributed by atoms with van der Waals surface area (Å²) in [7, 11) is 3.75. The fourth-order valence-corrected chi connectivity index (χ4v) is 7.53. The molecule has 2 saturated heterocycles. The Morgan fingerprint density at radius 2 is 1.73 bits per heavy atom. The third-order valence-electron chi connectivity index (χ3n) is 10.8. The van der Waals surface area contributed by atoms with Gasteiger partial charge in [0.2, 0.25) is 0 Å². The summed E-state index contributed by atoms with van der Waals surface area (Å²) in [6.45, 7) is 10.6. The Morgan fingerprint density at radius 3 is 2.49 bits per heavy atom. The topological polar surface area (TPSA) is 134 Å². The Kier molecular flexibility index (Phi) is 10.5. The largest absolute Gasteiger partial charge is 0.494 e. The molecule has 12 nitrogen and oxygen atoms in total. The second kappa shape index (κ2) is 15.9. The van der Waals surface area contributed by atoms with Crippen LogP contribution in [0.4, 0.5) is 5.69 Å². The number of benzene rings is 3. The number of allylic oxidation sites excluding steroid dienone is 1. The van der Waals surface area contributed by atoms with Crippen molar-refractivity contribution in [3.8, 4) is 28.6 Å². The van der Waals surface area contributed by atoms with E-state index >= 15 is 0 Å². The van der Waals surface area contributed by atoms with Crippen LogP contribution < -0.4 is 25.3 Å². The smallest absolute Gasteiger partial charge is 0.256 e. The van der Waals surface area contributed by atoms with E-state index in [2.05, 4.69) is 64.1 Å². The van der Waals surface area contributed by atoms with Gasteiger partial charge >= 0.3 is 0 Å². The summed E-state index contributed by atoms with van der Waals surface area (Å²) >= 11 is 0. The van der Waals surface area contributed by atoms with Crippen molar-refractivity contribution >= 4 is 28.5 Å². The molecule has 1 aliphatic carbocycles. The predicted molar refractivity (Wildman–Crippen MR) is 217 cm³/mol. The molecule has 0 bridgehead atoms. The van der Waals surface area contributed by atoms with Crippen LogP contribution >= 0.6 is 0 Å². The van der Waals surface area contributed by atoms with Gasteiger partial charge in [0, 0.05) is 73.5 Å². The van der Waals surface area contributed by atoms with Gasteiger partial charge in [-0.1, -0.05) is 18.2 Å².